The number of nitrogens with zero attached hydrogens (tertiary/aromatic N) is 1. The molecule has 0 aliphatic heterocycles. The number of anilines is 1. The van der Waals surface area contributed by atoms with Crippen LogP contribution in [0, 0.1) is 0 Å². The zero-order valence-corrected chi connectivity index (χ0v) is 12.6. The van der Waals surface area contributed by atoms with Crippen molar-refractivity contribution in [3.8, 4) is 5.75 Å². The third-order valence-electron chi connectivity index (χ3n) is 2.95. The molecule has 0 fully saturated rings. The van der Waals surface area contributed by atoms with Crippen molar-refractivity contribution >= 4 is 32.7 Å². The Bertz CT molecular complexity index is 603. The number of hydrogen-bond donors (Lipinski definition) is 1. The number of ether oxygens (including phenoxy) is 1. The number of benzene rings is 1. The minimum atomic E-state index is -0.0431. The average molecular weight is 309 g/mol. The summed E-state index contributed by atoms with van der Waals surface area (Å²) < 4.78 is 6.31. The summed E-state index contributed by atoms with van der Waals surface area (Å²) in [4.78, 5) is 4.50. The molecule has 2 aromatic rings. The van der Waals surface area contributed by atoms with Crippen molar-refractivity contribution in [2.45, 2.75) is 26.2 Å². The van der Waals surface area contributed by atoms with Crippen molar-refractivity contribution in [3.05, 3.63) is 28.2 Å². The summed E-state index contributed by atoms with van der Waals surface area (Å²) in [5, 5.41) is 0.978. The minimum Gasteiger partial charge on any atom is -0.496 e. The van der Waals surface area contributed by atoms with Crippen molar-refractivity contribution in [3.63, 3.8) is 0 Å². The smallest absolute Gasteiger partial charge is 0.128 e. The summed E-state index contributed by atoms with van der Waals surface area (Å²) in [6.45, 7) is 6.37. The molecule has 0 amide bonds. The molecule has 0 atom stereocenters. The normalized spacial score (nSPS) is 11.8. The predicted octanol–water partition coefficient (Wildman–Crippen LogP) is 3.89. The second-order valence-corrected chi connectivity index (χ2v) is 6.17. The van der Waals surface area contributed by atoms with Gasteiger partial charge in [0.15, 0.2) is 0 Å². The zero-order chi connectivity index (χ0) is 13.5. The summed E-state index contributed by atoms with van der Waals surface area (Å²) in [6.07, 6.45) is 0. The molecule has 0 saturated heterocycles. The summed E-state index contributed by atoms with van der Waals surface area (Å²) in [7, 11) is 1.66. The molecule has 0 aliphatic carbocycles. The van der Waals surface area contributed by atoms with Gasteiger partial charge in [-0.05, 0) is 39.5 Å². The lowest BCUT2D eigenvalue weighted by molar-refractivity contribution is 0.419. The summed E-state index contributed by atoms with van der Waals surface area (Å²) in [5.41, 5.74) is 7.88. The number of pyridine rings is 1. The van der Waals surface area contributed by atoms with Gasteiger partial charge in [-0.2, -0.15) is 0 Å². The van der Waals surface area contributed by atoms with E-state index in [4.69, 9.17) is 10.5 Å². The maximum atomic E-state index is 6.06. The number of aromatic nitrogens is 1. The van der Waals surface area contributed by atoms with E-state index in [1.165, 1.54) is 0 Å². The second kappa shape index (κ2) is 4.43. The molecule has 96 valence electrons. The van der Waals surface area contributed by atoms with E-state index in [9.17, 15) is 0 Å². The van der Waals surface area contributed by atoms with Crippen LogP contribution in [0.1, 0.15) is 26.3 Å². The van der Waals surface area contributed by atoms with Gasteiger partial charge in [0, 0.05) is 15.4 Å². The molecule has 0 spiro atoms. The average Bonchev–Trinajstić information content (AvgIpc) is 2.28. The van der Waals surface area contributed by atoms with E-state index in [2.05, 4.69) is 47.8 Å². The number of hydrogen-bond acceptors (Lipinski definition) is 3. The molecule has 2 rings (SSSR count). The van der Waals surface area contributed by atoms with E-state index in [1.807, 2.05) is 12.1 Å². The van der Waals surface area contributed by atoms with E-state index in [0.717, 1.165) is 26.7 Å². The number of rotatable bonds is 1. The first-order valence-electron chi connectivity index (χ1n) is 5.78. The number of nitrogen functional groups attached to an aromatic ring is 1. The van der Waals surface area contributed by atoms with Crippen LogP contribution in [0.5, 0.6) is 5.75 Å². The Morgan fingerprint density at radius 2 is 1.94 bits per heavy atom. The number of halogens is 1. The number of methoxy groups -OCH3 is 1. The van der Waals surface area contributed by atoms with Gasteiger partial charge in [-0.25, -0.2) is 4.98 Å². The van der Waals surface area contributed by atoms with Crippen LogP contribution in [-0.4, -0.2) is 12.1 Å². The van der Waals surface area contributed by atoms with E-state index in [0.29, 0.717) is 5.82 Å². The Kier molecular flexibility index (Phi) is 3.23. The highest BCUT2D eigenvalue weighted by Crippen LogP contribution is 2.36. The first-order chi connectivity index (χ1) is 8.34. The van der Waals surface area contributed by atoms with Crippen molar-refractivity contribution in [2.75, 3.05) is 12.8 Å². The fraction of sp³-hybridized carbons (Fsp3) is 0.357. The zero-order valence-electron chi connectivity index (χ0n) is 11.0. The van der Waals surface area contributed by atoms with Crippen LogP contribution in [0.25, 0.3) is 10.9 Å². The molecule has 0 aliphatic rings. The van der Waals surface area contributed by atoms with Crippen molar-refractivity contribution < 1.29 is 4.74 Å². The van der Waals surface area contributed by atoms with Gasteiger partial charge in [0.2, 0.25) is 0 Å². The fourth-order valence-electron chi connectivity index (χ4n) is 1.99. The van der Waals surface area contributed by atoms with Crippen LogP contribution in [-0.2, 0) is 5.41 Å². The van der Waals surface area contributed by atoms with Crippen LogP contribution in [0.3, 0.4) is 0 Å². The maximum absolute atomic E-state index is 6.06. The lowest BCUT2D eigenvalue weighted by atomic mass is 9.86. The van der Waals surface area contributed by atoms with Gasteiger partial charge < -0.3 is 10.5 Å². The molecule has 0 bridgehead atoms. The number of nitrogens with two attached hydrogens (primary N) is 1. The minimum absolute atomic E-state index is 0.0431. The molecule has 2 N–H and O–H groups in total. The van der Waals surface area contributed by atoms with Crippen LogP contribution in [0.4, 0.5) is 5.82 Å². The highest BCUT2D eigenvalue weighted by Gasteiger charge is 2.20. The molecule has 1 aromatic carbocycles. The predicted molar refractivity (Wildman–Crippen MR) is 79.1 cm³/mol. The topological polar surface area (TPSA) is 48.1 Å². The molecule has 0 radical (unpaired) electrons. The van der Waals surface area contributed by atoms with Gasteiger partial charge >= 0.3 is 0 Å². The van der Waals surface area contributed by atoms with E-state index in [1.54, 1.807) is 7.11 Å². The molecule has 18 heavy (non-hydrogen) atoms. The Balaban J connectivity index is 2.84. The largest absolute Gasteiger partial charge is 0.496 e. The first-order valence-corrected chi connectivity index (χ1v) is 6.57. The molecule has 0 saturated carbocycles. The lowest BCUT2D eigenvalue weighted by Crippen LogP contribution is -2.15. The Morgan fingerprint density at radius 1 is 1.28 bits per heavy atom. The van der Waals surface area contributed by atoms with E-state index in [-0.39, 0.29) is 5.41 Å². The van der Waals surface area contributed by atoms with Gasteiger partial charge in [-0.3, -0.25) is 0 Å². The quantitative estimate of drug-likeness (QED) is 0.869. The number of fused-ring (bicyclic) bond motifs is 1. The molecule has 1 heterocycles. The molecule has 3 nitrogen and oxygen atoms in total. The first kappa shape index (κ1) is 13.1. The van der Waals surface area contributed by atoms with Crippen LogP contribution in [0.15, 0.2) is 22.7 Å². The Morgan fingerprint density at radius 3 is 2.50 bits per heavy atom. The third kappa shape index (κ3) is 2.17. The molecular weight excluding hydrogens is 292 g/mol. The highest BCUT2D eigenvalue weighted by atomic mass is 79.9. The summed E-state index contributed by atoms with van der Waals surface area (Å²) in [5.74, 6) is 1.38. The monoisotopic (exact) mass is 308 g/mol. The Hall–Kier alpha value is -1.29. The van der Waals surface area contributed by atoms with Crippen molar-refractivity contribution in [1.82, 2.24) is 4.98 Å². The van der Waals surface area contributed by atoms with Crippen LogP contribution in [0.2, 0.25) is 0 Å². The van der Waals surface area contributed by atoms with E-state index >= 15 is 0 Å². The van der Waals surface area contributed by atoms with Gasteiger partial charge in [0.1, 0.15) is 11.6 Å². The van der Waals surface area contributed by atoms with Gasteiger partial charge in [0.05, 0.1) is 12.6 Å². The van der Waals surface area contributed by atoms with E-state index < -0.39 is 0 Å². The van der Waals surface area contributed by atoms with Crippen LogP contribution >= 0.6 is 15.9 Å². The molecular formula is C14H17BrN2O. The van der Waals surface area contributed by atoms with Crippen molar-refractivity contribution in [2.24, 2.45) is 0 Å². The highest BCUT2D eigenvalue weighted by molar-refractivity contribution is 9.10. The van der Waals surface area contributed by atoms with Crippen LogP contribution < -0.4 is 10.5 Å². The standard InChI is InChI=1S/C14H17BrN2O/c1-14(2,3)9-7-8-11(18-4)6-5-10(15)12(8)17-13(9)16/h5-7H,1-4H3,(H2,16,17). The molecule has 1 aromatic heterocycles. The summed E-state index contributed by atoms with van der Waals surface area (Å²) >= 11 is 3.50. The summed E-state index contributed by atoms with van der Waals surface area (Å²) in [6, 6.07) is 5.92. The van der Waals surface area contributed by atoms with Gasteiger partial charge in [-0.15, -0.1) is 0 Å². The van der Waals surface area contributed by atoms with Crippen molar-refractivity contribution in [1.29, 1.82) is 0 Å². The fourth-order valence-corrected chi connectivity index (χ4v) is 2.43. The second-order valence-electron chi connectivity index (χ2n) is 5.32. The van der Waals surface area contributed by atoms with Gasteiger partial charge in [-0.1, -0.05) is 20.8 Å². The third-order valence-corrected chi connectivity index (χ3v) is 3.59. The van der Waals surface area contributed by atoms with Gasteiger partial charge in [0.25, 0.3) is 0 Å². The SMILES string of the molecule is COc1ccc(Br)c2nc(N)c(C(C)(C)C)cc12. The molecule has 0 unspecified atom stereocenters. The maximum Gasteiger partial charge on any atom is 0.128 e. The molecule has 4 heteroatoms. The lowest BCUT2D eigenvalue weighted by Gasteiger charge is -2.21. The Labute approximate surface area is 115 Å².